The minimum Gasteiger partial charge on any atom is -0.410 e. The molecule has 0 aromatic heterocycles. The fraction of sp³-hybridized carbons (Fsp3) is 0.611. The van der Waals surface area contributed by atoms with E-state index in [0.717, 1.165) is 62.6 Å². The van der Waals surface area contributed by atoms with Gasteiger partial charge in [-0.3, -0.25) is 0 Å². The first kappa shape index (κ1) is 20.1. The third-order valence-corrected chi connectivity index (χ3v) is 5.02. The molecule has 1 aliphatic carbocycles. The quantitative estimate of drug-likeness (QED) is 0.466. The summed E-state index contributed by atoms with van der Waals surface area (Å²) in [6, 6.07) is 3.12. The summed E-state index contributed by atoms with van der Waals surface area (Å²) in [7, 11) is 1.67. The highest BCUT2D eigenvalue weighted by molar-refractivity contribution is 9.09. The van der Waals surface area contributed by atoms with Gasteiger partial charge in [-0.15, -0.1) is 0 Å². The molecule has 0 spiro atoms. The maximum atomic E-state index is 13.2. The van der Waals surface area contributed by atoms with E-state index in [4.69, 9.17) is 9.47 Å². The first-order valence-electron chi connectivity index (χ1n) is 8.58. The van der Waals surface area contributed by atoms with Gasteiger partial charge in [-0.05, 0) is 50.7 Å². The van der Waals surface area contributed by atoms with E-state index in [-0.39, 0.29) is 17.9 Å². The fourth-order valence-corrected chi connectivity index (χ4v) is 3.30. The number of alkyl halides is 1. The number of hydrogen-bond donors (Lipinski definition) is 0. The lowest BCUT2D eigenvalue weighted by Gasteiger charge is -2.34. The van der Waals surface area contributed by atoms with E-state index < -0.39 is 17.7 Å². The van der Waals surface area contributed by atoms with Crippen LogP contribution < -0.4 is 4.74 Å². The summed E-state index contributed by atoms with van der Waals surface area (Å²) in [5, 5.41) is 0.994. The molecule has 140 valence electrons. The monoisotopic (exact) mass is 419 g/mol. The topological polar surface area (TPSA) is 38.8 Å². The van der Waals surface area contributed by atoms with Gasteiger partial charge >= 0.3 is 6.09 Å². The van der Waals surface area contributed by atoms with E-state index in [0.29, 0.717) is 0 Å². The number of unbranched alkanes of at least 4 members (excludes halogenated alkanes) is 1. The Morgan fingerprint density at radius 3 is 2.56 bits per heavy atom. The lowest BCUT2D eigenvalue weighted by molar-refractivity contribution is 0.0111. The van der Waals surface area contributed by atoms with E-state index in [1.54, 1.807) is 7.05 Å². The summed E-state index contributed by atoms with van der Waals surface area (Å²) in [5.41, 5.74) is 0. The van der Waals surface area contributed by atoms with Crippen LogP contribution in [0, 0.1) is 11.6 Å². The highest BCUT2D eigenvalue weighted by Gasteiger charge is 2.28. The fourth-order valence-electron chi connectivity index (χ4n) is 2.91. The molecular weight excluding hydrogens is 396 g/mol. The summed E-state index contributed by atoms with van der Waals surface area (Å²) < 4.78 is 37.1. The van der Waals surface area contributed by atoms with Crippen molar-refractivity contribution in [3.05, 3.63) is 29.8 Å². The van der Waals surface area contributed by atoms with Crippen LogP contribution in [-0.2, 0) is 4.74 Å². The molecule has 1 saturated carbocycles. The molecule has 1 fully saturated rings. The van der Waals surface area contributed by atoms with Crippen LogP contribution in [0.2, 0.25) is 0 Å². The third-order valence-electron chi connectivity index (χ3n) is 4.46. The number of rotatable bonds is 7. The molecule has 4 nitrogen and oxygen atoms in total. The molecule has 1 aromatic carbocycles. The SMILES string of the molecule is CN(C(=O)Oc1ccc(F)c(F)c1)C1CCC(OCCCCBr)CC1. The summed E-state index contributed by atoms with van der Waals surface area (Å²) >= 11 is 3.40. The van der Waals surface area contributed by atoms with E-state index in [1.807, 2.05) is 0 Å². The highest BCUT2D eigenvalue weighted by atomic mass is 79.9. The Bertz CT molecular complexity index is 565. The van der Waals surface area contributed by atoms with Crippen molar-refractivity contribution in [2.75, 3.05) is 19.0 Å². The Labute approximate surface area is 155 Å². The van der Waals surface area contributed by atoms with Gasteiger partial charge in [0, 0.05) is 31.1 Å². The molecule has 0 aliphatic heterocycles. The molecular formula is C18H24BrF2NO3. The number of halogens is 3. The molecule has 1 aromatic rings. The summed E-state index contributed by atoms with van der Waals surface area (Å²) in [6.45, 7) is 0.773. The normalized spacial score (nSPS) is 20.3. The molecule has 0 unspecified atom stereocenters. The molecule has 2 rings (SSSR count). The van der Waals surface area contributed by atoms with Crippen molar-refractivity contribution >= 4 is 22.0 Å². The zero-order valence-electron chi connectivity index (χ0n) is 14.3. The Morgan fingerprint density at radius 1 is 1.20 bits per heavy atom. The Hall–Kier alpha value is -1.21. The predicted molar refractivity (Wildman–Crippen MR) is 95.2 cm³/mol. The van der Waals surface area contributed by atoms with Gasteiger partial charge in [-0.25, -0.2) is 13.6 Å². The third kappa shape index (κ3) is 6.22. The van der Waals surface area contributed by atoms with Gasteiger partial charge in [0.05, 0.1) is 6.10 Å². The number of ether oxygens (including phenoxy) is 2. The minimum absolute atomic E-state index is 0.000407. The highest BCUT2D eigenvalue weighted by Crippen LogP contribution is 2.25. The van der Waals surface area contributed by atoms with Gasteiger partial charge in [0.15, 0.2) is 11.6 Å². The number of carbonyl (C=O) groups is 1. The predicted octanol–water partition coefficient (Wildman–Crippen LogP) is 4.90. The van der Waals surface area contributed by atoms with Crippen LogP contribution in [0.4, 0.5) is 13.6 Å². The number of carbonyl (C=O) groups excluding carboxylic acids is 1. The van der Waals surface area contributed by atoms with Crippen molar-refractivity contribution in [2.45, 2.75) is 50.7 Å². The second-order valence-corrected chi connectivity index (χ2v) is 7.05. The largest absolute Gasteiger partial charge is 0.415 e. The van der Waals surface area contributed by atoms with Crippen molar-refractivity contribution in [1.82, 2.24) is 4.90 Å². The Balaban J connectivity index is 1.76. The van der Waals surface area contributed by atoms with Crippen molar-refractivity contribution in [3.8, 4) is 5.75 Å². The Morgan fingerprint density at radius 2 is 1.92 bits per heavy atom. The molecule has 0 N–H and O–H groups in total. The first-order valence-corrected chi connectivity index (χ1v) is 9.70. The molecule has 7 heteroatoms. The average molecular weight is 420 g/mol. The summed E-state index contributed by atoms with van der Waals surface area (Å²) in [5.74, 6) is -2.01. The minimum atomic E-state index is -1.04. The maximum absolute atomic E-state index is 13.2. The standard InChI is InChI=1S/C18H24BrF2NO3/c1-22(18(23)25-15-8-9-16(20)17(21)12-15)13-4-6-14(7-5-13)24-11-3-2-10-19/h8-9,12-14H,2-7,10-11H2,1H3. The van der Waals surface area contributed by atoms with Gasteiger partial charge in [0.1, 0.15) is 5.75 Å². The van der Waals surface area contributed by atoms with Crippen molar-refractivity contribution < 1.29 is 23.0 Å². The van der Waals surface area contributed by atoms with Crippen LogP contribution in [0.25, 0.3) is 0 Å². The molecule has 0 saturated heterocycles. The summed E-state index contributed by atoms with van der Waals surface area (Å²) in [4.78, 5) is 13.7. The molecule has 0 bridgehead atoms. The van der Waals surface area contributed by atoms with Crippen LogP contribution in [-0.4, -0.2) is 42.1 Å². The second-order valence-electron chi connectivity index (χ2n) is 6.25. The smallest absolute Gasteiger partial charge is 0.410 e. The second kappa shape index (κ2) is 10.1. The molecule has 0 radical (unpaired) electrons. The van der Waals surface area contributed by atoms with Crippen LogP contribution in [0.3, 0.4) is 0 Å². The maximum Gasteiger partial charge on any atom is 0.415 e. The van der Waals surface area contributed by atoms with Gasteiger partial charge in [-0.1, -0.05) is 15.9 Å². The van der Waals surface area contributed by atoms with Crippen LogP contribution in [0.15, 0.2) is 18.2 Å². The number of amides is 1. The van der Waals surface area contributed by atoms with Gasteiger partial charge in [-0.2, -0.15) is 0 Å². The lowest BCUT2D eigenvalue weighted by atomic mass is 9.92. The van der Waals surface area contributed by atoms with E-state index >= 15 is 0 Å². The Kier molecular flexibility index (Phi) is 8.09. The number of nitrogens with zero attached hydrogens (tertiary/aromatic N) is 1. The van der Waals surface area contributed by atoms with Gasteiger partial charge in [0.2, 0.25) is 0 Å². The van der Waals surface area contributed by atoms with Crippen LogP contribution in [0.5, 0.6) is 5.75 Å². The average Bonchev–Trinajstić information content (AvgIpc) is 2.62. The van der Waals surface area contributed by atoms with Crippen LogP contribution >= 0.6 is 15.9 Å². The molecule has 0 atom stereocenters. The van der Waals surface area contributed by atoms with Gasteiger partial charge in [0.25, 0.3) is 0 Å². The zero-order valence-corrected chi connectivity index (χ0v) is 15.9. The number of benzene rings is 1. The van der Waals surface area contributed by atoms with Gasteiger partial charge < -0.3 is 14.4 Å². The van der Waals surface area contributed by atoms with E-state index in [2.05, 4.69) is 15.9 Å². The van der Waals surface area contributed by atoms with E-state index in [9.17, 15) is 13.6 Å². The van der Waals surface area contributed by atoms with E-state index in [1.165, 1.54) is 11.0 Å². The molecule has 1 amide bonds. The van der Waals surface area contributed by atoms with Crippen LogP contribution in [0.1, 0.15) is 38.5 Å². The number of hydrogen-bond acceptors (Lipinski definition) is 3. The lowest BCUT2D eigenvalue weighted by Crippen LogP contribution is -2.42. The molecule has 0 heterocycles. The summed E-state index contributed by atoms with van der Waals surface area (Å²) in [6.07, 6.45) is 5.33. The van der Waals surface area contributed by atoms with Crippen molar-refractivity contribution in [3.63, 3.8) is 0 Å². The van der Waals surface area contributed by atoms with Crippen molar-refractivity contribution in [2.24, 2.45) is 0 Å². The first-order chi connectivity index (χ1) is 12.0. The zero-order chi connectivity index (χ0) is 18.2. The van der Waals surface area contributed by atoms with Crippen molar-refractivity contribution in [1.29, 1.82) is 0 Å². The molecule has 1 aliphatic rings. The molecule has 25 heavy (non-hydrogen) atoms.